The van der Waals surface area contributed by atoms with Crippen molar-refractivity contribution in [1.29, 1.82) is 0 Å². The van der Waals surface area contributed by atoms with Gasteiger partial charge in [-0.15, -0.1) is 11.3 Å². The Kier molecular flexibility index (Phi) is 6.30. The van der Waals surface area contributed by atoms with Crippen LogP contribution in [-0.4, -0.2) is 9.97 Å². The lowest BCUT2D eigenvalue weighted by Gasteiger charge is -2.39. The number of rotatable bonds is 3. The van der Waals surface area contributed by atoms with Crippen molar-refractivity contribution in [3.63, 3.8) is 0 Å². The number of thiophene rings is 1. The monoisotopic (exact) mass is 684 g/mol. The molecule has 0 saturated heterocycles. The summed E-state index contributed by atoms with van der Waals surface area (Å²) in [7, 11) is 0. The van der Waals surface area contributed by atoms with Crippen molar-refractivity contribution in [2.45, 2.75) is 15.2 Å². The van der Waals surface area contributed by atoms with E-state index in [9.17, 15) is 0 Å². The average Bonchev–Trinajstić information content (AvgIpc) is 3.72. The molecule has 0 amide bonds. The predicted octanol–water partition coefficient (Wildman–Crippen LogP) is 12.7. The van der Waals surface area contributed by atoms with Crippen molar-refractivity contribution in [3.05, 3.63) is 192 Å². The minimum atomic E-state index is -0.492. The number of benzene rings is 7. The molecule has 238 valence electrons. The lowest BCUT2D eigenvalue weighted by atomic mass is 9.67. The first-order valence-electron chi connectivity index (χ1n) is 17.2. The van der Waals surface area contributed by atoms with Crippen LogP contribution >= 0.6 is 23.1 Å². The third kappa shape index (κ3) is 4.12. The van der Waals surface area contributed by atoms with Crippen LogP contribution in [0.4, 0.5) is 0 Å². The van der Waals surface area contributed by atoms with Crippen molar-refractivity contribution in [3.8, 4) is 45.0 Å². The molecule has 0 fully saturated rings. The Bertz CT molecular complexity index is 2730. The first-order chi connectivity index (χ1) is 25.3. The maximum atomic E-state index is 5.39. The highest BCUT2D eigenvalue weighted by molar-refractivity contribution is 7.99. The Hall–Kier alpha value is -5.81. The van der Waals surface area contributed by atoms with Gasteiger partial charge in [-0.2, -0.15) is 0 Å². The maximum absolute atomic E-state index is 5.39. The van der Waals surface area contributed by atoms with Gasteiger partial charge in [0.1, 0.15) is 0 Å². The van der Waals surface area contributed by atoms with E-state index >= 15 is 0 Å². The third-order valence-electron chi connectivity index (χ3n) is 10.6. The Labute approximate surface area is 304 Å². The van der Waals surface area contributed by atoms with Crippen molar-refractivity contribution in [2.24, 2.45) is 0 Å². The molecule has 3 heterocycles. The van der Waals surface area contributed by atoms with Crippen LogP contribution in [-0.2, 0) is 5.41 Å². The summed E-state index contributed by atoms with van der Waals surface area (Å²) in [5.74, 6) is 0.724. The molecule has 7 aromatic carbocycles. The highest BCUT2D eigenvalue weighted by atomic mass is 32.2. The molecule has 0 atom stereocenters. The molecule has 2 nitrogen and oxygen atoms in total. The minimum Gasteiger partial charge on any atom is -0.228 e. The second kappa shape index (κ2) is 11.1. The van der Waals surface area contributed by atoms with Crippen molar-refractivity contribution in [2.75, 3.05) is 0 Å². The molecule has 0 bridgehead atoms. The normalized spacial score (nSPS) is 13.6. The average molecular weight is 685 g/mol. The van der Waals surface area contributed by atoms with E-state index in [4.69, 9.17) is 9.97 Å². The molecule has 0 radical (unpaired) electrons. The van der Waals surface area contributed by atoms with Crippen LogP contribution < -0.4 is 0 Å². The molecule has 0 N–H and O–H groups in total. The first-order valence-corrected chi connectivity index (χ1v) is 18.9. The quantitative estimate of drug-likeness (QED) is 0.185. The van der Waals surface area contributed by atoms with Gasteiger partial charge in [-0.3, -0.25) is 0 Å². The van der Waals surface area contributed by atoms with E-state index in [1.807, 2.05) is 29.2 Å². The molecule has 0 saturated carbocycles. The van der Waals surface area contributed by atoms with Crippen LogP contribution in [0.25, 0.3) is 65.2 Å². The van der Waals surface area contributed by atoms with Crippen LogP contribution in [0.5, 0.6) is 0 Å². The summed E-state index contributed by atoms with van der Waals surface area (Å²) in [6, 6.07) is 61.6. The zero-order valence-electron chi connectivity index (χ0n) is 27.4. The van der Waals surface area contributed by atoms with Gasteiger partial charge in [0.05, 0.1) is 16.8 Å². The highest BCUT2D eigenvalue weighted by Gasteiger charge is 2.51. The van der Waals surface area contributed by atoms with Crippen LogP contribution in [0.15, 0.2) is 180 Å². The predicted molar refractivity (Wildman–Crippen MR) is 213 cm³/mol. The molecule has 9 aromatic rings. The molecule has 1 spiro atoms. The minimum absolute atomic E-state index is 0.492. The van der Waals surface area contributed by atoms with Gasteiger partial charge in [0, 0.05) is 46.7 Å². The number of nitrogens with zero attached hydrogens (tertiary/aromatic N) is 2. The molecular formula is C47H28N2S2. The molecule has 51 heavy (non-hydrogen) atoms. The smallest absolute Gasteiger partial charge is 0.160 e. The van der Waals surface area contributed by atoms with Gasteiger partial charge in [-0.25, -0.2) is 9.97 Å². The fourth-order valence-corrected chi connectivity index (χ4v) is 10.8. The van der Waals surface area contributed by atoms with Crippen molar-refractivity contribution < 1.29 is 0 Å². The SMILES string of the molecule is c1ccc(-c2cc(-c3cccc4c3-c3c(ccc5sc6ccccc6c35)C43c4ccccc4Sc4ccccc43)nc(-c3ccccc3)n2)cc1. The largest absolute Gasteiger partial charge is 0.228 e. The summed E-state index contributed by atoms with van der Waals surface area (Å²) < 4.78 is 2.61. The van der Waals surface area contributed by atoms with Crippen LogP contribution in [0.3, 0.4) is 0 Å². The van der Waals surface area contributed by atoms with Gasteiger partial charge in [-0.05, 0) is 63.7 Å². The van der Waals surface area contributed by atoms with Crippen molar-refractivity contribution in [1.82, 2.24) is 9.97 Å². The van der Waals surface area contributed by atoms with E-state index < -0.39 is 5.41 Å². The lowest BCUT2D eigenvalue weighted by molar-refractivity contribution is 0.723. The molecule has 2 aromatic heterocycles. The van der Waals surface area contributed by atoms with E-state index in [0.717, 1.165) is 33.9 Å². The Morgan fingerprint density at radius 3 is 1.80 bits per heavy atom. The highest BCUT2D eigenvalue weighted by Crippen LogP contribution is 2.65. The summed E-state index contributed by atoms with van der Waals surface area (Å²) in [6.45, 7) is 0. The Morgan fingerprint density at radius 2 is 1.04 bits per heavy atom. The summed E-state index contributed by atoms with van der Waals surface area (Å²) in [5.41, 5.74) is 12.4. The second-order valence-corrected chi connectivity index (χ2v) is 15.4. The second-order valence-electron chi connectivity index (χ2n) is 13.2. The molecule has 0 unspecified atom stereocenters. The number of aromatic nitrogens is 2. The fraction of sp³-hybridized carbons (Fsp3) is 0.0213. The molecule has 1 aliphatic carbocycles. The Balaban J connectivity index is 1.31. The molecule has 2 aliphatic rings. The van der Waals surface area contributed by atoms with Gasteiger partial charge in [-0.1, -0.05) is 151 Å². The van der Waals surface area contributed by atoms with Crippen LogP contribution in [0.2, 0.25) is 0 Å². The van der Waals surface area contributed by atoms with E-state index in [0.29, 0.717) is 0 Å². The number of fused-ring (bicyclic) bond motifs is 13. The summed E-state index contributed by atoms with van der Waals surface area (Å²) >= 11 is 3.76. The molecule has 4 heteroatoms. The van der Waals surface area contributed by atoms with E-state index in [2.05, 4.69) is 164 Å². The zero-order valence-corrected chi connectivity index (χ0v) is 29.0. The summed E-state index contributed by atoms with van der Waals surface area (Å²) in [5, 5.41) is 2.63. The Morgan fingerprint density at radius 1 is 0.431 bits per heavy atom. The third-order valence-corrected chi connectivity index (χ3v) is 12.9. The topological polar surface area (TPSA) is 25.8 Å². The van der Waals surface area contributed by atoms with Crippen LogP contribution in [0, 0.1) is 0 Å². The molecule has 11 rings (SSSR count). The number of hydrogen-bond acceptors (Lipinski definition) is 4. The van der Waals surface area contributed by atoms with Crippen molar-refractivity contribution >= 4 is 43.3 Å². The standard InChI is InChI=1S/C47H28N2S2/c1-3-14-29(15-4-1)37-28-38(49-46(48-37)30-16-5-2-6-17-30)31-19-13-22-35-43(31)45-36(26-27-42-44(45)32-18-7-10-23-39(32)50-42)47(35)33-20-8-11-24-40(33)51-41-25-12-9-21-34(41)47/h1-28H. The summed E-state index contributed by atoms with van der Waals surface area (Å²) in [6.07, 6.45) is 0. The molecule has 1 aliphatic heterocycles. The van der Waals surface area contributed by atoms with Gasteiger partial charge >= 0.3 is 0 Å². The van der Waals surface area contributed by atoms with E-state index in [-0.39, 0.29) is 0 Å². The summed E-state index contributed by atoms with van der Waals surface area (Å²) in [4.78, 5) is 13.1. The van der Waals surface area contributed by atoms with Gasteiger partial charge in [0.2, 0.25) is 0 Å². The number of hydrogen-bond donors (Lipinski definition) is 0. The van der Waals surface area contributed by atoms with E-state index in [1.54, 1.807) is 0 Å². The van der Waals surface area contributed by atoms with Gasteiger partial charge in [0.15, 0.2) is 5.82 Å². The fourth-order valence-electron chi connectivity index (χ4n) is 8.51. The first kappa shape index (κ1) is 29.0. The zero-order chi connectivity index (χ0) is 33.5. The van der Waals surface area contributed by atoms with E-state index in [1.165, 1.54) is 63.3 Å². The van der Waals surface area contributed by atoms with Crippen LogP contribution in [0.1, 0.15) is 22.3 Å². The molecular weight excluding hydrogens is 657 g/mol. The van der Waals surface area contributed by atoms with Gasteiger partial charge < -0.3 is 0 Å². The maximum Gasteiger partial charge on any atom is 0.160 e. The van der Waals surface area contributed by atoms with Gasteiger partial charge in [0.25, 0.3) is 0 Å². The lowest BCUT2D eigenvalue weighted by Crippen LogP contribution is -2.31.